The van der Waals surface area contributed by atoms with Gasteiger partial charge in [-0.05, 0) is 47.9 Å². The number of anilines is 1. The molecule has 2 N–H and O–H groups in total. The van der Waals surface area contributed by atoms with Crippen molar-refractivity contribution in [1.29, 1.82) is 0 Å². The van der Waals surface area contributed by atoms with Crippen molar-refractivity contribution in [2.75, 3.05) is 11.4 Å². The summed E-state index contributed by atoms with van der Waals surface area (Å²) in [6.07, 6.45) is 0.438. The van der Waals surface area contributed by atoms with Crippen molar-refractivity contribution >= 4 is 29.3 Å². The zero-order valence-electron chi connectivity index (χ0n) is 20.3. The van der Waals surface area contributed by atoms with Crippen LogP contribution >= 0.6 is 0 Å². The van der Waals surface area contributed by atoms with Crippen LogP contribution in [0, 0.1) is 5.82 Å². The minimum absolute atomic E-state index is 0.0417. The van der Waals surface area contributed by atoms with Crippen LogP contribution < -0.4 is 10.2 Å². The van der Waals surface area contributed by atoms with Gasteiger partial charge in [0.2, 0.25) is 11.8 Å². The highest BCUT2D eigenvalue weighted by Crippen LogP contribution is 2.44. The average Bonchev–Trinajstić information content (AvgIpc) is 3.16. The van der Waals surface area contributed by atoms with Gasteiger partial charge in [-0.1, -0.05) is 36.4 Å². The van der Waals surface area contributed by atoms with Gasteiger partial charge >= 0.3 is 0 Å². The lowest BCUT2D eigenvalue weighted by Crippen LogP contribution is -2.54. The van der Waals surface area contributed by atoms with Crippen LogP contribution in [0.15, 0.2) is 66.7 Å². The normalized spacial score (nSPS) is 22.8. The standard InChI is InChI=1S/C29H24FN3O5/c30-19-8-5-17(6-9-19)16-32-14-13-29(38,22-3-1-2-4-23(22)32)18-7-10-20-21(15-18)28(37)33(27(20)36)24-11-12-25(34)31-26(24)35/h1-10,15,24,38H,11-14,16H2,(H,31,34,35). The number of hydrogen-bond donors (Lipinski definition) is 2. The first-order valence-corrected chi connectivity index (χ1v) is 12.4. The third kappa shape index (κ3) is 3.78. The van der Waals surface area contributed by atoms with E-state index in [4.69, 9.17) is 0 Å². The van der Waals surface area contributed by atoms with Crippen molar-refractivity contribution in [3.63, 3.8) is 0 Å². The van der Waals surface area contributed by atoms with E-state index in [1.165, 1.54) is 24.3 Å². The fraction of sp³-hybridized carbons (Fsp3) is 0.241. The summed E-state index contributed by atoms with van der Waals surface area (Å²) < 4.78 is 13.4. The minimum Gasteiger partial charge on any atom is -0.380 e. The summed E-state index contributed by atoms with van der Waals surface area (Å²) in [5, 5.41) is 14.2. The Kier molecular flexibility index (Phi) is 5.61. The smallest absolute Gasteiger partial charge is 0.262 e. The van der Waals surface area contributed by atoms with E-state index in [0.717, 1.165) is 16.2 Å². The van der Waals surface area contributed by atoms with Crippen molar-refractivity contribution in [1.82, 2.24) is 10.2 Å². The third-order valence-electron chi connectivity index (χ3n) is 7.64. The molecular weight excluding hydrogens is 489 g/mol. The maximum Gasteiger partial charge on any atom is 0.262 e. The summed E-state index contributed by atoms with van der Waals surface area (Å²) in [5.74, 6) is -2.61. The van der Waals surface area contributed by atoms with Crippen LogP contribution in [0.5, 0.6) is 0 Å². The van der Waals surface area contributed by atoms with Gasteiger partial charge in [0.05, 0.1) is 11.1 Å². The number of benzene rings is 3. The van der Waals surface area contributed by atoms with Gasteiger partial charge in [0, 0.05) is 37.2 Å². The molecule has 0 aliphatic carbocycles. The van der Waals surface area contributed by atoms with Gasteiger partial charge in [0.25, 0.3) is 11.8 Å². The molecule has 8 nitrogen and oxygen atoms in total. The Balaban J connectivity index is 1.33. The average molecular weight is 514 g/mol. The lowest BCUT2D eigenvalue weighted by molar-refractivity contribution is -0.136. The lowest BCUT2D eigenvalue weighted by atomic mass is 9.79. The van der Waals surface area contributed by atoms with Gasteiger partial charge in [0.1, 0.15) is 17.5 Å². The van der Waals surface area contributed by atoms with E-state index in [-0.39, 0.29) is 29.8 Å². The van der Waals surface area contributed by atoms with Gasteiger partial charge in [-0.3, -0.25) is 29.4 Å². The Hall–Kier alpha value is -4.37. The summed E-state index contributed by atoms with van der Waals surface area (Å²) in [5.41, 5.74) is 1.74. The van der Waals surface area contributed by atoms with Gasteiger partial charge < -0.3 is 10.0 Å². The minimum atomic E-state index is -1.42. The number of halogens is 1. The molecule has 2 unspecified atom stereocenters. The van der Waals surface area contributed by atoms with Crippen LogP contribution in [-0.2, 0) is 21.7 Å². The monoisotopic (exact) mass is 513 g/mol. The quantitative estimate of drug-likeness (QED) is 0.520. The summed E-state index contributed by atoms with van der Waals surface area (Å²) in [6, 6.07) is 17.4. The number of imide groups is 2. The Morgan fingerprint density at radius 2 is 1.68 bits per heavy atom. The maximum absolute atomic E-state index is 13.4. The summed E-state index contributed by atoms with van der Waals surface area (Å²) in [7, 11) is 0. The number of amides is 4. The topological polar surface area (TPSA) is 107 Å². The second-order valence-electron chi connectivity index (χ2n) is 9.88. The van der Waals surface area contributed by atoms with E-state index in [1.807, 2.05) is 24.3 Å². The van der Waals surface area contributed by atoms with Crippen molar-refractivity contribution in [3.05, 3.63) is 100 Å². The molecule has 3 aromatic carbocycles. The van der Waals surface area contributed by atoms with Crippen LogP contribution in [0.3, 0.4) is 0 Å². The zero-order chi connectivity index (χ0) is 26.6. The van der Waals surface area contributed by atoms with Crippen LogP contribution in [0.2, 0.25) is 0 Å². The number of para-hydroxylation sites is 1. The fourth-order valence-corrected chi connectivity index (χ4v) is 5.65. The van der Waals surface area contributed by atoms with Crippen LogP contribution in [0.4, 0.5) is 10.1 Å². The molecule has 3 aromatic rings. The molecule has 0 radical (unpaired) electrons. The molecule has 1 fully saturated rings. The van der Waals surface area contributed by atoms with Gasteiger partial charge in [0.15, 0.2) is 0 Å². The molecule has 38 heavy (non-hydrogen) atoms. The van der Waals surface area contributed by atoms with E-state index >= 15 is 0 Å². The Bertz CT molecular complexity index is 1500. The molecule has 3 aliphatic heterocycles. The predicted octanol–water partition coefficient (Wildman–Crippen LogP) is 2.87. The van der Waals surface area contributed by atoms with Crippen molar-refractivity contribution in [2.45, 2.75) is 37.5 Å². The molecule has 0 bridgehead atoms. The second kappa shape index (κ2) is 8.88. The van der Waals surface area contributed by atoms with Crippen molar-refractivity contribution in [3.8, 4) is 0 Å². The molecule has 4 amide bonds. The largest absolute Gasteiger partial charge is 0.380 e. The number of nitrogens with zero attached hydrogens (tertiary/aromatic N) is 2. The molecule has 2 atom stereocenters. The predicted molar refractivity (Wildman–Crippen MR) is 135 cm³/mol. The summed E-state index contributed by atoms with van der Waals surface area (Å²) in [4.78, 5) is 53.4. The summed E-state index contributed by atoms with van der Waals surface area (Å²) >= 11 is 0. The molecule has 9 heteroatoms. The zero-order valence-corrected chi connectivity index (χ0v) is 20.3. The van der Waals surface area contributed by atoms with Crippen LogP contribution in [0.1, 0.15) is 56.7 Å². The summed E-state index contributed by atoms with van der Waals surface area (Å²) in [6.45, 7) is 1.03. The van der Waals surface area contributed by atoms with E-state index in [2.05, 4.69) is 10.2 Å². The van der Waals surface area contributed by atoms with E-state index < -0.39 is 35.3 Å². The van der Waals surface area contributed by atoms with Gasteiger partial charge in [-0.2, -0.15) is 0 Å². The van der Waals surface area contributed by atoms with E-state index in [9.17, 15) is 28.7 Å². The Morgan fingerprint density at radius 3 is 2.45 bits per heavy atom. The van der Waals surface area contributed by atoms with E-state index in [0.29, 0.717) is 30.6 Å². The SMILES string of the molecule is O=C1CCC(N2C(=O)c3ccc(C4(O)CCN(Cc5ccc(F)cc5)c5ccccc54)cc3C2=O)C(=O)N1. The van der Waals surface area contributed by atoms with Crippen molar-refractivity contribution in [2.24, 2.45) is 0 Å². The fourth-order valence-electron chi connectivity index (χ4n) is 5.65. The first kappa shape index (κ1) is 24.0. The third-order valence-corrected chi connectivity index (χ3v) is 7.64. The molecule has 0 spiro atoms. The Labute approximate surface area is 217 Å². The number of fused-ring (bicyclic) bond motifs is 2. The lowest BCUT2D eigenvalue weighted by Gasteiger charge is -2.41. The number of hydrogen-bond acceptors (Lipinski definition) is 6. The second-order valence-corrected chi connectivity index (χ2v) is 9.88. The molecule has 3 heterocycles. The van der Waals surface area contributed by atoms with Crippen LogP contribution in [-0.4, -0.2) is 46.2 Å². The molecular formula is C29H24FN3O5. The molecule has 3 aliphatic rings. The van der Waals surface area contributed by atoms with Crippen LogP contribution in [0.25, 0.3) is 0 Å². The first-order valence-electron chi connectivity index (χ1n) is 12.4. The van der Waals surface area contributed by atoms with Crippen molar-refractivity contribution < 1.29 is 28.7 Å². The highest BCUT2D eigenvalue weighted by atomic mass is 19.1. The molecule has 6 rings (SSSR count). The first-order chi connectivity index (χ1) is 18.3. The molecule has 1 saturated heterocycles. The maximum atomic E-state index is 13.4. The number of nitrogens with one attached hydrogen (secondary N) is 1. The van der Waals surface area contributed by atoms with Gasteiger partial charge in [-0.25, -0.2) is 4.39 Å². The molecule has 0 saturated carbocycles. The molecule has 192 valence electrons. The highest BCUT2D eigenvalue weighted by Gasteiger charge is 2.46. The highest BCUT2D eigenvalue weighted by molar-refractivity contribution is 6.23. The number of carbonyl (C=O) groups is 4. The Morgan fingerprint density at radius 1 is 0.947 bits per heavy atom. The number of piperidine rings is 1. The number of rotatable bonds is 4. The number of aliphatic hydroxyl groups is 1. The van der Waals surface area contributed by atoms with Gasteiger partial charge in [-0.15, -0.1) is 0 Å². The van der Waals surface area contributed by atoms with E-state index in [1.54, 1.807) is 18.2 Å². The molecule has 0 aromatic heterocycles. The number of carbonyl (C=O) groups excluding carboxylic acids is 4.